The summed E-state index contributed by atoms with van der Waals surface area (Å²) in [6, 6.07) is 0.998. The third kappa shape index (κ3) is 3.01. The van der Waals surface area contributed by atoms with Crippen LogP contribution in [0.4, 0.5) is 0 Å². The zero-order valence-electron chi connectivity index (χ0n) is 14.0. The number of aliphatic hydroxyl groups excluding tert-OH is 2. The van der Waals surface area contributed by atoms with E-state index >= 15 is 0 Å². The summed E-state index contributed by atoms with van der Waals surface area (Å²) in [5.41, 5.74) is -6.42. The first kappa shape index (κ1) is 19.3. The molecule has 0 unspecified atom stereocenters. The van der Waals surface area contributed by atoms with Gasteiger partial charge in [0.05, 0.1) is 13.2 Å². The van der Waals surface area contributed by atoms with Gasteiger partial charge in [0.25, 0.3) is 5.56 Å². The molecule has 2 heterocycles. The molecule has 4 N–H and O–H groups in total. The number of esters is 1. The maximum atomic E-state index is 12.5. The lowest BCUT2D eigenvalue weighted by molar-refractivity contribution is -0.213. The number of carbonyl (C=O) groups is 1. The number of aliphatic hydroxyl groups is 3. The average Bonchev–Trinajstić information content (AvgIpc) is 2.77. The fourth-order valence-electron chi connectivity index (χ4n) is 2.85. The first-order chi connectivity index (χ1) is 11.7. The van der Waals surface area contributed by atoms with Gasteiger partial charge >= 0.3 is 11.7 Å². The Bertz CT molecular complexity index is 744. The van der Waals surface area contributed by atoms with Crippen molar-refractivity contribution in [2.75, 3.05) is 13.2 Å². The third-order valence-electron chi connectivity index (χ3n) is 4.37. The lowest BCUT2D eigenvalue weighted by atomic mass is 9.86. The van der Waals surface area contributed by atoms with E-state index in [4.69, 9.17) is 9.47 Å². The Kier molecular flexibility index (Phi) is 5.47. The molecule has 10 nitrogen and oxygen atoms in total. The maximum Gasteiger partial charge on any atom is 0.346 e. The smallest absolute Gasteiger partial charge is 0.346 e. The molecule has 1 aromatic rings. The molecule has 1 aromatic heterocycles. The van der Waals surface area contributed by atoms with E-state index in [1.54, 1.807) is 0 Å². The van der Waals surface area contributed by atoms with Gasteiger partial charge in [0.2, 0.25) is 5.60 Å². The van der Waals surface area contributed by atoms with Gasteiger partial charge in [0.15, 0.2) is 5.72 Å². The number of hydrogen-bond donors (Lipinski definition) is 4. The fourth-order valence-corrected chi connectivity index (χ4v) is 2.85. The Labute approximate surface area is 142 Å². The Morgan fingerprint density at radius 3 is 2.72 bits per heavy atom. The van der Waals surface area contributed by atoms with Crippen LogP contribution in [0.3, 0.4) is 0 Å². The number of aromatic amines is 1. The summed E-state index contributed by atoms with van der Waals surface area (Å²) in [5, 5.41) is 30.7. The van der Waals surface area contributed by atoms with Crippen LogP contribution in [0.1, 0.15) is 26.7 Å². The van der Waals surface area contributed by atoms with Gasteiger partial charge in [-0.2, -0.15) is 0 Å². The summed E-state index contributed by atoms with van der Waals surface area (Å²) in [6.45, 7) is 2.36. The number of unbranched alkanes of at least 4 members (excludes halogenated alkanes) is 1. The van der Waals surface area contributed by atoms with Crippen LogP contribution in [-0.2, 0) is 20.0 Å². The minimum Gasteiger partial charge on any atom is -0.463 e. The van der Waals surface area contributed by atoms with Gasteiger partial charge < -0.3 is 24.8 Å². The topological polar surface area (TPSA) is 151 Å². The Morgan fingerprint density at radius 2 is 2.16 bits per heavy atom. The van der Waals surface area contributed by atoms with Crippen molar-refractivity contribution in [3.8, 4) is 0 Å². The van der Waals surface area contributed by atoms with E-state index in [9.17, 15) is 29.7 Å². The second kappa shape index (κ2) is 7.08. The SMILES string of the molecule is CCCCOC(=O)[C@@]1(O)[C@H](O)[C@@H](CO)O[C@@]1(C)n1ccc(=O)[nH]c1=O. The number of nitrogens with one attached hydrogen (secondary N) is 1. The number of carbonyl (C=O) groups excluding carboxylic acids is 1. The summed E-state index contributed by atoms with van der Waals surface area (Å²) in [7, 11) is 0. The van der Waals surface area contributed by atoms with Gasteiger partial charge in [0.1, 0.15) is 12.2 Å². The highest BCUT2D eigenvalue weighted by molar-refractivity contribution is 5.82. The predicted octanol–water partition coefficient (Wildman–Crippen LogP) is -1.96. The molecule has 0 spiro atoms. The van der Waals surface area contributed by atoms with E-state index in [0.717, 1.165) is 23.3 Å². The van der Waals surface area contributed by atoms with Crippen molar-refractivity contribution >= 4 is 5.97 Å². The number of rotatable bonds is 6. The summed E-state index contributed by atoms with van der Waals surface area (Å²) < 4.78 is 11.2. The van der Waals surface area contributed by atoms with Gasteiger partial charge in [-0.1, -0.05) is 13.3 Å². The van der Waals surface area contributed by atoms with Crippen molar-refractivity contribution in [3.63, 3.8) is 0 Å². The molecule has 0 amide bonds. The van der Waals surface area contributed by atoms with E-state index in [0.29, 0.717) is 6.42 Å². The second-order valence-electron chi connectivity index (χ2n) is 6.00. The highest BCUT2D eigenvalue weighted by Gasteiger charge is 2.69. The molecule has 10 heteroatoms. The van der Waals surface area contributed by atoms with Crippen molar-refractivity contribution in [1.82, 2.24) is 9.55 Å². The molecule has 4 atom stereocenters. The van der Waals surface area contributed by atoms with Gasteiger partial charge in [0, 0.05) is 12.3 Å². The van der Waals surface area contributed by atoms with Crippen LogP contribution < -0.4 is 11.2 Å². The first-order valence-corrected chi connectivity index (χ1v) is 7.91. The van der Waals surface area contributed by atoms with E-state index in [1.807, 2.05) is 11.9 Å². The Morgan fingerprint density at radius 1 is 1.48 bits per heavy atom. The highest BCUT2D eigenvalue weighted by atomic mass is 16.6. The Balaban J connectivity index is 2.53. The molecule has 1 aliphatic rings. The molecule has 1 aliphatic heterocycles. The lowest BCUT2D eigenvalue weighted by Crippen LogP contribution is -2.64. The van der Waals surface area contributed by atoms with Crippen LogP contribution in [0, 0.1) is 0 Å². The molecule has 0 bridgehead atoms. The number of aromatic nitrogens is 2. The monoisotopic (exact) mass is 358 g/mol. The molecule has 1 fully saturated rings. The summed E-state index contributed by atoms with van der Waals surface area (Å²) in [4.78, 5) is 37.9. The van der Waals surface area contributed by atoms with Gasteiger partial charge in [-0.25, -0.2) is 9.59 Å². The Hall–Kier alpha value is -2.01. The van der Waals surface area contributed by atoms with Crippen molar-refractivity contribution in [1.29, 1.82) is 0 Å². The summed E-state index contributed by atoms with van der Waals surface area (Å²) >= 11 is 0. The number of nitrogens with zero attached hydrogens (tertiary/aromatic N) is 1. The van der Waals surface area contributed by atoms with Crippen molar-refractivity contribution in [3.05, 3.63) is 33.1 Å². The van der Waals surface area contributed by atoms with E-state index in [2.05, 4.69) is 0 Å². The van der Waals surface area contributed by atoms with Crippen molar-refractivity contribution in [2.24, 2.45) is 0 Å². The third-order valence-corrected chi connectivity index (χ3v) is 4.37. The molecule has 0 radical (unpaired) electrons. The zero-order chi connectivity index (χ0) is 18.8. The molecule has 0 aliphatic carbocycles. The van der Waals surface area contributed by atoms with E-state index < -0.39 is 47.4 Å². The fraction of sp³-hybridized carbons (Fsp3) is 0.667. The molecule has 140 valence electrons. The van der Waals surface area contributed by atoms with Crippen LogP contribution in [0.2, 0.25) is 0 Å². The normalized spacial score (nSPS) is 31.9. The van der Waals surface area contributed by atoms with E-state index in [1.165, 1.54) is 6.92 Å². The van der Waals surface area contributed by atoms with Crippen LogP contribution >= 0.6 is 0 Å². The minimum atomic E-state index is -2.67. The first-order valence-electron chi connectivity index (χ1n) is 7.91. The van der Waals surface area contributed by atoms with Gasteiger partial charge in [-0.05, 0) is 13.3 Å². The number of hydrogen-bond acceptors (Lipinski definition) is 8. The standard InChI is InChI=1S/C15H22N2O8/c1-3-4-7-24-12(21)15(23)11(20)9(8-18)25-14(15,2)17-6-5-10(19)16-13(17)22/h5-6,9,11,18,20,23H,3-4,7-8H2,1-2H3,(H,16,19,22)/t9-,11-,14-,15+/m1/s1. The molecular weight excluding hydrogens is 336 g/mol. The van der Waals surface area contributed by atoms with Gasteiger partial charge in [-0.15, -0.1) is 0 Å². The highest BCUT2D eigenvalue weighted by Crippen LogP contribution is 2.43. The maximum absolute atomic E-state index is 12.5. The molecule has 0 aromatic carbocycles. The summed E-state index contributed by atoms with van der Waals surface area (Å²) in [5.74, 6) is -1.19. The average molecular weight is 358 g/mol. The largest absolute Gasteiger partial charge is 0.463 e. The van der Waals surface area contributed by atoms with Crippen molar-refractivity contribution < 1.29 is 29.6 Å². The molecule has 25 heavy (non-hydrogen) atoms. The number of H-pyrrole nitrogens is 1. The minimum absolute atomic E-state index is 0.00472. The van der Waals surface area contributed by atoms with Crippen molar-refractivity contribution in [2.45, 2.75) is 50.2 Å². The zero-order valence-corrected chi connectivity index (χ0v) is 14.0. The van der Waals surface area contributed by atoms with Crippen LogP contribution in [-0.4, -0.2) is 61.9 Å². The van der Waals surface area contributed by atoms with Gasteiger partial charge in [-0.3, -0.25) is 14.3 Å². The molecule has 0 saturated carbocycles. The lowest BCUT2D eigenvalue weighted by Gasteiger charge is -2.37. The molecular formula is C15H22N2O8. The van der Waals surface area contributed by atoms with Crippen LogP contribution in [0.5, 0.6) is 0 Å². The van der Waals surface area contributed by atoms with E-state index in [-0.39, 0.29) is 6.61 Å². The quantitative estimate of drug-likeness (QED) is 0.338. The van der Waals surface area contributed by atoms with Crippen LogP contribution in [0.25, 0.3) is 0 Å². The van der Waals surface area contributed by atoms with Crippen LogP contribution in [0.15, 0.2) is 21.9 Å². The summed E-state index contributed by atoms with van der Waals surface area (Å²) in [6.07, 6.45) is -0.890. The molecule has 2 rings (SSSR count). The number of ether oxygens (including phenoxy) is 2. The predicted molar refractivity (Wildman–Crippen MR) is 83.8 cm³/mol. The second-order valence-corrected chi connectivity index (χ2v) is 6.00. The molecule has 1 saturated heterocycles.